The van der Waals surface area contributed by atoms with E-state index in [9.17, 15) is 4.79 Å². The van der Waals surface area contributed by atoms with E-state index < -0.39 is 5.97 Å². The SMILES string of the molecule is CN(CCC#N)c1ccc(C(=O)O)cc1N. The lowest BCUT2D eigenvalue weighted by Gasteiger charge is -2.19. The van der Waals surface area contributed by atoms with Gasteiger partial charge in [-0.25, -0.2) is 4.79 Å². The molecule has 0 saturated carbocycles. The third-order valence-corrected chi connectivity index (χ3v) is 2.24. The molecule has 0 unspecified atom stereocenters. The zero-order valence-electron chi connectivity index (χ0n) is 8.97. The zero-order chi connectivity index (χ0) is 12.1. The van der Waals surface area contributed by atoms with Crippen LogP contribution in [-0.2, 0) is 0 Å². The molecule has 0 aliphatic rings. The van der Waals surface area contributed by atoms with E-state index in [1.54, 1.807) is 6.07 Å². The number of nitrogen functional groups attached to an aromatic ring is 1. The minimum absolute atomic E-state index is 0.162. The highest BCUT2D eigenvalue weighted by molar-refractivity contribution is 5.90. The normalized spacial score (nSPS) is 9.50. The van der Waals surface area contributed by atoms with Crippen LogP contribution in [0.25, 0.3) is 0 Å². The van der Waals surface area contributed by atoms with Crippen LogP contribution in [0, 0.1) is 11.3 Å². The number of aromatic carboxylic acids is 1. The second kappa shape index (κ2) is 5.03. The topological polar surface area (TPSA) is 90.3 Å². The standard InChI is InChI=1S/C11H13N3O2/c1-14(6-2-5-12)10-4-3-8(11(15)16)7-9(10)13/h3-4,7H,2,6,13H2,1H3,(H,15,16). The van der Waals surface area contributed by atoms with Gasteiger partial charge in [-0.05, 0) is 18.2 Å². The van der Waals surface area contributed by atoms with Gasteiger partial charge in [0.25, 0.3) is 0 Å². The van der Waals surface area contributed by atoms with Gasteiger partial charge in [-0.3, -0.25) is 0 Å². The summed E-state index contributed by atoms with van der Waals surface area (Å²) in [5, 5.41) is 17.2. The molecule has 5 heteroatoms. The minimum atomic E-state index is -1.00. The molecule has 1 aromatic carbocycles. The summed E-state index contributed by atoms with van der Waals surface area (Å²) >= 11 is 0. The fraction of sp³-hybridized carbons (Fsp3) is 0.273. The number of carboxylic acid groups (broad SMARTS) is 1. The predicted octanol–water partition coefficient (Wildman–Crippen LogP) is 1.32. The molecule has 84 valence electrons. The molecule has 0 aliphatic carbocycles. The molecule has 0 fully saturated rings. The number of nitrogens with two attached hydrogens (primary N) is 1. The first-order chi connectivity index (χ1) is 7.56. The van der Waals surface area contributed by atoms with Crippen LogP contribution in [0.15, 0.2) is 18.2 Å². The highest BCUT2D eigenvalue weighted by Crippen LogP contribution is 2.23. The Morgan fingerprint density at radius 1 is 1.62 bits per heavy atom. The minimum Gasteiger partial charge on any atom is -0.478 e. The smallest absolute Gasteiger partial charge is 0.335 e. The van der Waals surface area contributed by atoms with Crippen molar-refractivity contribution in [1.82, 2.24) is 0 Å². The van der Waals surface area contributed by atoms with Crippen molar-refractivity contribution in [3.05, 3.63) is 23.8 Å². The Balaban J connectivity index is 2.91. The van der Waals surface area contributed by atoms with E-state index in [1.807, 2.05) is 18.0 Å². The monoisotopic (exact) mass is 219 g/mol. The number of carbonyl (C=O) groups is 1. The third-order valence-electron chi connectivity index (χ3n) is 2.24. The second-order valence-electron chi connectivity index (χ2n) is 3.41. The molecule has 0 heterocycles. The highest BCUT2D eigenvalue weighted by Gasteiger charge is 2.08. The summed E-state index contributed by atoms with van der Waals surface area (Å²) in [5.74, 6) is -1.00. The summed E-state index contributed by atoms with van der Waals surface area (Å²) in [6.07, 6.45) is 0.399. The Labute approximate surface area is 93.7 Å². The maximum Gasteiger partial charge on any atom is 0.335 e. The molecule has 0 atom stereocenters. The van der Waals surface area contributed by atoms with Gasteiger partial charge in [0.2, 0.25) is 0 Å². The van der Waals surface area contributed by atoms with Crippen LogP contribution in [0.4, 0.5) is 11.4 Å². The zero-order valence-corrected chi connectivity index (χ0v) is 8.97. The van der Waals surface area contributed by atoms with Crippen LogP contribution < -0.4 is 10.6 Å². The quantitative estimate of drug-likeness (QED) is 0.745. The van der Waals surface area contributed by atoms with Gasteiger partial charge < -0.3 is 15.7 Å². The van der Waals surface area contributed by atoms with Crippen LogP contribution in [0.1, 0.15) is 16.8 Å². The number of rotatable bonds is 4. The van der Waals surface area contributed by atoms with Crippen LogP contribution >= 0.6 is 0 Å². The van der Waals surface area contributed by atoms with E-state index in [-0.39, 0.29) is 5.56 Å². The van der Waals surface area contributed by atoms with Crippen molar-refractivity contribution in [2.45, 2.75) is 6.42 Å². The highest BCUT2D eigenvalue weighted by atomic mass is 16.4. The van der Waals surface area contributed by atoms with Gasteiger partial charge in [0, 0.05) is 13.6 Å². The van der Waals surface area contributed by atoms with Gasteiger partial charge in [-0.15, -0.1) is 0 Å². The predicted molar refractivity (Wildman–Crippen MR) is 61.3 cm³/mol. The molecule has 0 saturated heterocycles. The number of hydrogen-bond acceptors (Lipinski definition) is 4. The van der Waals surface area contributed by atoms with Crippen LogP contribution in [0.3, 0.4) is 0 Å². The van der Waals surface area contributed by atoms with E-state index in [2.05, 4.69) is 0 Å². The molecule has 3 N–H and O–H groups in total. The fourth-order valence-corrected chi connectivity index (χ4v) is 1.37. The summed E-state index contributed by atoms with van der Waals surface area (Å²) in [6.45, 7) is 0.563. The average molecular weight is 219 g/mol. The maximum absolute atomic E-state index is 10.7. The van der Waals surface area contributed by atoms with Crippen molar-refractivity contribution >= 4 is 17.3 Å². The molecule has 0 aliphatic heterocycles. The Kier molecular flexibility index (Phi) is 3.72. The number of anilines is 2. The van der Waals surface area contributed by atoms with Gasteiger partial charge in [0.1, 0.15) is 0 Å². The summed E-state index contributed by atoms with van der Waals surface area (Å²) in [7, 11) is 1.81. The van der Waals surface area contributed by atoms with E-state index in [0.717, 1.165) is 5.69 Å². The number of nitriles is 1. The summed E-state index contributed by atoms with van der Waals surface area (Å²) in [5.41, 5.74) is 7.05. The number of nitrogens with zero attached hydrogens (tertiary/aromatic N) is 2. The molecule has 5 nitrogen and oxygen atoms in total. The number of hydrogen-bond donors (Lipinski definition) is 2. The van der Waals surface area contributed by atoms with Gasteiger partial charge in [-0.2, -0.15) is 5.26 Å². The van der Waals surface area contributed by atoms with Crippen LogP contribution in [-0.4, -0.2) is 24.7 Å². The molecule has 0 spiro atoms. The molecule has 16 heavy (non-hydrogen) atoms. The lowest BCUT2D eigenvalue weighted by Crippen LogP contribution is -2.19. The summed E-state index contributed by atoms with van der Waals surface area (Å²) in [4.78, 5) is 12.5. The first-order valence-corrected chi connectivity index (χ1v) is 4.77. The molecular formula is C11H13N3O2. The van der Waals surface area contributed by atoms with Crippen molar-refractivity contribution in [2.24, 2.45) is 0 Å². The first kappa shape index (κ1) is 11.9. The molecule has 1 aromatic rings. The number of benzene rings is 1. The lowest BCUT2D eigenvalue weighted by atomic mass is 10.1. The molecule has 1 rings (SSSR count). The molecule has 0 aromatic heterocycles. The van der Waals surface area contributed by atoms with Gasteiger partial charge in [-0.1, -0.05) is 0 Å². The first-order valence-electron chi connectivity index (χ1n) is 4.77. The van der Waals surface area contributed by atoms with Crippen LogP contribution in [0.2, 0.25) is 0 Å². The Bertz CT molecular complexity index is 437. The molecular weight excluding hydrogens is 206 g/mol. The number of carboxylic acids is 1. The summed E-state index contributed by atoms with van der Waals surface area (Å²) in [6, 6.07) is 6.60. The van der Waals surface area contributed by atoms with Crippen molar-refractivity contribution in [3.63, 3.8) is 0 Å². The average Bonchev–Trinajstić information content (AvgIpc) is 2.25. The van der Waals surface area contributed by atoms with Crippen molar-refractivity contribution in [3.8, 4) is 6.07 Å². The fourth-order valence-electron chi connectivity index (χ4n) is 1.37. The largest absolute Gasteiger partial charge is 0.478 e. The van der Waals surface area contributed by atoms with Crippen molar-refractivity contribution in [1.29, 1.82) is 5.26 Å². The van der Waals surface area contributed by atoms with Crippen LogP contribution in [0.5, 0.6) is 0 Å². The summed E-state index contributed by atoms with van der Waals surface area (Å²) < 4.78 is 0. The van der Waals surface area contributed by atoms with E-state index in [0.29, 0.717) is 18.7 Å². The van der Waals surface area contributed by atoms with Gasteiger partial charge in [0.15, 0.2) is 0 Å². The third kappa shape index (κ3) is 2.64. The van der Waals surface area contributed by atoms with Crippen molar-refractivity contribution < 1.29 is 9.90 Å². The lowest BCUT2D eigenvalue weighted by molar-refractivity contribution is 0.0697. The second-order valence-corrected chi connectivity index (χ2v) is 3.41. The van der Waals surface area contributed by atoms with Gasteiger partial charge >= 0.3 is 5.97 Å². The molecule has 0 amide bonds. The van der Waals surface area contributed by atoms with Crippen molar-refractivity contribution in [2.75, 3.05) is 24.2 Å². The molecule has 0 radical (unpaired) electrons. The Morgan fingerprint density at radius 2 is 2.31 bits per heavy atom. The van der Waals surface area contributed by atoms with E-state index >= 15 is 0 Å². The maximum atomic E-state index is 10.7. The van der Waals surface area contributed by atoms with Gasteiger partial charge in [0.05, 0.1) is 29.4 Å². The Hall–Kier alpha value is -2.22. The Morgan fingerprint density at radius 3 is 2.81 bits per heavy atom. The van der Waals surface area contributed by atoms with E-state index in [1.165, 1.54) is 12.1 Å². The molecule has 0 bridgehead atoms. The van der Waals surface area contributed by atoms with E-state index in [4.69, 9.17) is 16.1 Å².